The van der Waals surface area contributed by atoms with Gasteiger partial charge in [-0.3, -0.25) is 4.79 Å². The van der Waals surface area contributed by atoms with E-state index in [-0.39, 0.29) is 17.1 Å². The van der Waals surface area contributed by atoms with Crippen molar-refractivity contribution in [3.8, 4) is 17.2 Å². The lowest BCUT2D eigenvalue weighted by Gasteiger charge is -2.18. The van der Waals surface area contributed by atoms with Crippen LogP contribution >= 0.6 is 0 Å². The second-order valence-corrected chi connectivity index (χ2v) is 6.81. The number of amides is 1. The van der Waals surface area contributed by atoms with Gasteiger partial charge in [-0.15, -0.1) is 0 Å². The molecule has 1 aliphatic heterocycles. The van der Waals surface area contributed by atoms with E-state index < -0.39 is 5.97 Å². The summed E-state index contributed by atoms with van der Waals surface area (Å²) in [5.74, 6) is 0.410. The van der Waals surface area contributed by atoms with Gasteiger partial charge in [0.25, 0.3) is 5.91 Å². The van der Waals surface area contributed by atoms with Gasteiger partial charge >= 0.3 is 5.97 Å². The number of hydrogen-bond donors (Lipinski definition) is 0. The molecule has 1 heterocycles. The van der Waals surface area contributed by atoms with Crippen LogP contribution in [-0.2, 0) is 20.9 Å². The summed E-state index contributed by atoms with van der Waals surface area (Å²) in [4.78, 5) is 27.5. The Labute approximate surface area is 181 Å². The van der Waals surface area contributed by atoms with Crippen LogP contribution in [0.3, 0.4) is 0 Å². The third kappa shape index (κ3) is 4.12. The van der Waals surface area contributed by atoms with Gasteiger partial charge in [-0.1, -0.05) is 30.3 Å². The smallest absolute Gasteiger partial charge is 0.340 e. The molecule has 0 unspecified atom stereocenters. The van der Waals surface area contributed by atoms with Crippen molar-refractivity contribution >= 4 is 18.0 Å². The van der Waals surface area contributed by atoms with Crippen LogP contribution in [-0.4, -0.2) is 45.2 Å². The molecule has 0 spiro atoms. The van der Waals surface area contributed by atoms with Gasteiger partial charge < -0.3 is 23.8 Å². The maximum Gasteiger partial charge on any atom is 0.340 e. The number of rotatable bonds is 7. The number of hydrogen-bond acceptors (Lipinski definition) is 6. The summed E-state index contributed by atoms with van der Waals surface area (Å²) in [6.45, 7) is 2.08. The van der Waals surface area contributed by atoms with Gasteiger partial charge in [0.05, 0.1) is 46.1 Å². The maximum absolute atomic E-state index is 13.3. The molecule has 0 aromatic heterocycles. The van der Waals surface area contributed by atoms with Crippen LogP contribution in [0, 0.1) is 0 Å². The molecule has 1 aliphatic rings. The average molecular weight is 423 g/mol. The summed E-state index contributed by atoms with van der Waals surface area (Å²) < 4.78 is 21.2. The lowest BCUT2D eigenvalue weighted by atomic mass is 10.0. The molecule has 2 aromatic carbocycles. The second kappa shape index (κ2) is 9.38. The first-order chi connectivity index (χ1) is 15.0. The van der Waals surface area contributed by atoms with E-state index in [4.69, 9.17) is 18.9 Å². The summed E-state index contributed by atoms with van der Waals surface area (Å²) in [5.41, 5.74) is 2.50. The topological polar surface area (TPSA) is 74.3 Å². The zero-order chi connectivity index (χ0) is 22.5. The van der Waals surface area contributed by atoms with E-state index in [9.17, 15) is 9.59 Å². The summed E-state index contributed by atoms with van der Waals surface area (Å²) in [6.07, 6.45) is 1.61. The van der Waals surface area contributed by atoms with Crippen molar-refractivity contribution in [2.45, 2.75) is 13.5 Å². The highest BCUT2D eigenvalue weighted by Crippen LogP contribution is 2.42. The average Bonchev–Trinajstić information content (AvgIpc) is 3.02. The Balaban J connectivity index is 2.12. The van der Waals surface area contributed by atoms with Crippen LogP contribution in [0.25, 0.3) is 6.08 Å². The fraction of sp³-hybridized carbons (Fsp3) is 0.250. The number of carbonyl (C=O) groups excluding carboxylic acids is 2. The lowest BCUT2D eigenvalue weighted by Crippen LogP contribution is -2.24. The minimum atomic E-state index is -0.577. The molecule has 0 saturated carbocycles. The number of benzene rings is 2. The first-order valence-electron chi connectivity index (χ1n) is 9.62. The van der Waals surface area contributed by atoms with Gasteiger partial charge in [0, 0.05) is 11.3 Å². The number of methoxy groups -OCH3 is 4. The van der Waals surface area contributed by atoms with Crippen molar-refractivity contribution in [3.63, 3.8) is 0 Å². The normalized spacial score (nSPS) is 14.8. The Morgan fingerprint density at radius 2 is 1.61 bits per heavy atom. The quantitative estimate of drug-likeness (QED) is 0.501. The van der Waals surface area contributed by atoms with Crippen molar-refractivity contribution in [1.82, 2.24) is 4.90 Å². The monoisotopic (exact) mass is 423 g/mol. The predicted octanol–water partition coefficient (Wildman–Crippen LogP) is 3.59. The predicted molar refractivity (Wildman–Crippen MR) is 116 cm³/mol. The first kappa shape index (κ1) is 22.0. The largest absolute Gasteiger partial charge is 0.493 e. The van der Waals surface area contributed by atoms with E-state index in [0.29, 0.717) is 35.1 Å². The van der Waals surface area contributed by atoms with Gasteiger partial charge in [-0.05, 0) is 30.7 Å². The molecule has 0 aliphatic carbocycles. The zero-order valence-electron chi connectivity index (χ0n) is 18.2. The number of ether oxygens (including phenoxy) is 4. The molecule has 3 rings (SSSR count). The molecule has 0 fully saturated rings. The van der Waals surface area contributed by atoms with Gasteiger partial charge in [0.15, 0.2) is 11.5 Å². The Morgan fingerprint density at radius 1 is 0.935 bits per heavy atom. The van der Waals surface area contributed by atoms with Crippen molar-refractivity contribution in [2.24, 2.45) is 0 Å². The Bertz CT molecular complexity index is 1060. The Hall–Kier alpha value is -3.74. The Kier molecular flexibility index (Phi) is 6.65. The fourth-order valence-electron chi connectivity index (χ4n) is 3.58. The molecule has 0 bridgehead atoms. The van der Waals surface area contributed by atoms with E-state index in [0.717, 1.165) is 5.56 Å². The molecule has 0 radical (unpaired) electrons. The van der Waals surface area contributed by atoms with E-state index in [2.05, 4.69) is 0 Å². The van der Waals surface area contributed by atoms with Crippen LogP contribution in [0.2, 0.25) is 0 Å². The Morgan fingerprint density at radius 3 is 2.19 bits per heavy atom. The van der Waals surface area contributed by atoms with Gasteiger partial charge in [0.2, 0.25) is 5.75 Å². The number of nitrogens with zero attached hydrogens (tertiary/aromatic N) is 1. The van der Waals surface area contributed by atoms with E-state index >= 15 is 0 Å². The van der Waals surface area contributed by atoms with Crippen LogP contribution in [0.4, 0.5) is 0 Å². The maximum atomic E-state index is 13.3. The molecular weight excluding hydrogens is 398 g/mol. The summed E-state index contributed by atoms with van der Waals surface area (Å²) in [6, 6.07) is 13.0. The van der Waals surface area contributed by atoms with E-state index in [1.165, 1.54) is 28.4 Å². The highest BCUT2D eigenvalue weighted by molar-refractivity contribution is 6.16. The SMILES string of the molecule is COC(=O)C1=C(C)N(Cc2ccccc2)C(=O)C1=Cc1ccc(OC)c(OC)c1OC. The summed E-state index contributed by atoms with van der Waals surface area (Å²) in [7, 11) is 5.82. The lowest BCUT2D eigenvalue weighted by molar-refractivity contribution is -0.136. The van der Waals surface area contributed by atoms with Gasteiger partial charge in [-0.25, -0.2) is 4.79 Å². The van der Waals surface area contributed by atoms with Crippen molar-refractivity contribution in [1.29, 1.82) is 0 Å². The highest BCUT2D eigenvalue weighted by atomic mass is 16.5. The third-order valence-corrected chi connectivity index (χ3v) is 5.12. The summed E-state index contributed by atoms with van der Waals surface area (Å²) >= 11 is 0. The molecule has 162 valence electrons. The molecule has 2 aromatic rings. The molecular formula is C24H25NO6. The number of allylic oxidation sites excluding steroid dienone is 1. The molecule has 1 amide bonds. The van der Waals surface area contributed by atoms with Crippen LogP contribution in [0.5, 0.6) is 17.2 Å². The molecule has 31 heavy (non-hydrogen) atoms. The third-order valence-electron chi connectivity index (χ3n) is 5.12. The number of carbonyl (C=O) groups is 2. The molecule has 0 N–H and O–H groups in total. The zero-order valence-corrected chi connectivity index (χ0v) is 18.2. The van der Waals surface area contributed by atoms with Crippen molar-refractivity contribution in [2.75, 3.05) is 28.4 Å². The van der Waals surface area contributed by atoms with E-state index in [1.54, 1.807) is 30.0 Å². The minimum absolute atomic E-state index is 0.222. The van der Waals surface area contributed by atoms with Crippen LogP contribution in [0.1, 0.15) is 18.1 Å². The van der Waals surface area contributed by atoms with Gasteiger partial charge in [-0.2, -0.15) is 0 Å². The standard InChI is InChI=1S/C24H25NO6/c1-15-20(24(27)31-5)18(23(26)25(15)14-16-9-7-6-8-10-16)13-17-11-12-19(28-2)22(30-4)21(17)29-3/h6-13H,14H2,1-5H3. The second-order valence-electron chi connectivity index (χ2n) is 6.81. The molecule has 0 atom stereocenters. The van der Waals surface area contributed by atoms with E-state index in [1.807, 2.05) is 30.3 Å². The molecule has 7 nitrogen and oxygen atoms in total. The van der Waals surface area contributed by atoms with Crippen LogP contribution < -0.4 is 14.2 Å². The summed E-state index contributed by atoms with van der Waals surface area (Å²) in [5, 5.41) is 0. The first-order valence-corrected chi connectivity index (χ1v) is 9.62. The van der Waals surface area contributed by atoms with Crippen LogP contribution in [0.15, 0.2) is 59.3 Å². The fourth-order valence-corrected chi connectivity index (χ4v) is 3.58. The number of esters is 1. The van der Waals surface area contributed by atoms with Gasteiger partial charge in [0.1, 0.15) is 0 Å². The van der Waals surface area contributed by atoms with Crippen molar-refractivity contribution < 1.29 is 28.5 Å². The minimum Gasteiger partial charge on any atom is -0.493 e. The molecule has 0 saturated heterocycles. The van der Waals surface area contributed by atoms with Crippen molar-refractivity contribution in [3.05, 3.63) is 70.4 Å². The highest BCUT2D eigenvalue weighted by Gasteiger charge is 2.37. The molecule has 7 heteroatoms.